The largest absolute Gasteiger partial charge is 0.350 e. The van der Waals surface area contributed by atoms with Gasteiger partial charge in [0.15, 0.2) is 11.6 Å². The van der Waals surface area contributed by atoms with E-state index in [9.17, 15) is 9.18 Å². The molecule has 1 aliphatic heterocycles. The number of rotatable bonds is 6. The topological polar surface area (TPSA) is 78.0 Å². The lowest BCUT2D eigenvalue weighted by molar-refractivity contribution is -0.129. The van der Waals surface area contributed by atoms with E-state index in [4.69, 9.17) is 0 Å². The van der Waals surface area contributed by atoms with Crippen LogP contribution in [0.5, 0.6) is 0 Å². The molecule has 3 heterocycles. The summed E-state index contributed by atoms with van der Waals surface area (Å²) in [5.74, 6) is 0.0384. The molecule has 2 aromatic rings. The maximum Gasteiger partial charge on any atom is 0.228 e. The minimum absolute atomic E-state index is 0.0557. The monoisotopic (exact) mass is 346 g/mol. The SMILES string of the molecule is CCc1ncnc(N(CC)C2CCN(C(=O)Cc3cnc[nH]3)C2)c1F. The quantitative estimate of drug-likeness (QED) is 0.859. The summed E-state index contributed by atoms with van der Waals surface area (Å²) in [5, 5.41) is 0. The van der Waals surface area contributed by atoms with Crippen molar-refractivity contribution in [3.63, 3.8) is 0 Å². The number of carbonyl (C=O) groups is 1. The molecule has 1 N–H and O–H groups in total. The first-order chi connectivity index (χ1) is 12.1. The zero-order chi connectivity index (χ0) is 17.8. The summed E-state index contributed by atoms with van der Waals surface area (Å²) in [6.45, 7) is 5.72. The van der Waals surface area contributed by atoms with Crippen molar-refractivity contribution in [3.8, 4) is 0 Å². The van der Waals surface area contributed by atoms with Gasteiger partial charge in [-0.1, -0.05) is 6.92 Å². The number of carbonyl (C=O) groups excluding carboxylic acids is 1. The number of aromatic amines is 1. The Hall–Kier alpha value is -2.51. The number of aromatic nitrogens is 4. The molecule has 0 aliphatic carbocycles. The van der Waals surface area contributed by atoms with Gasteiger partial charge in [-0.15, -0.1) is 0 Å². The van der Waals surface area contributed by atoms with Crippen molar-refractivity contribution in [2.24, 2.45) is 0 Å². The first-order valence-corrected chi connectivity index (χ1v) is 8.65. The van der Waals surface area contributed by atoms with Crippen molar-refractivity contribution in [1.29, 1.82) is 0 Å². The molecule has 0 radical (unpaired) electrons. The Morgan fingerprint density at radius 1 is 1.44 bits per heavy atom. The van der Waals surface area contributed by atoms with Gasteiger partial charge in [-0.25, -0.2) is 19.3 Å². The standard InChI is InChI=1S/C17H23FN6O/c1-3-14-16(18)17(22-11-21-14)24(4-2)13-5-6-23(9-13)15(25)7-12-8-19-10-20-12/h8,10-11,13H,3-7,9H2,1-2H3,(H,19,20). The van der Waals surface area contributed by atoms with Crippen LogP contribution in [0.2, 0.25) is 0 Å². The molecule has 1 saturated heterocycles. The van der Waals surface area contributed by atoms with Gasteiger partial charge in [0.1, 0.15) is 6.33 Å². The Morgan fingerprint density at radius 3 is 2.96 bits per heavy atom. The molecule has 134 valence electrons. The van der Waals surface area contributed by atoms with E-state index in [0.717, 1.165) is 12.1 Å². The van der Waals surface area contributed by atoms with Crippen molar-refractivity contribution < 1.29 is 9.18 Å². The fourth-order valence-electron chi connectivity index (χ4n) is 3.30. The number of nitrogens with one attached hydrogen (secondary N) is 1. The second-order valence-corrected chi connectivity index (χ2v) is 6.13. The molecule has 1 aliphatic rings. The van der Waals surface area contributed by atoms with Gasteiger partial charge in [-0.2, -0.15) is 0 Å². The van der Waals surface area contributed by atoms with Gasteiger partial charge < -0.3 is 14.8 Å². The van der Waals surface area contributed by atoms with Crippen LogP contribution in [-0.4, -0.2) is 56.4 Å². The number of H-pyrrole nitrogens is 1. The van der Waals surface area contributed by atoms with Crippen LogP contribution >= 0.6 is 0 Å². The Kier molecular flexibility index (Phi) is 5.25. The van der Waals surface area contributed by atoms with Crippen molar-refractivity contribution >= 4 is 11.7 Å². The van der Waals surface area contributed by atoms with E-state index in [1.807, 2.05) is 23.6 Å². The summed E-state index contributed by atoms with van der Waals surface area (Å²) in [6, 6.07) is 0.0600. The van der Waals surface area contributed by atoms with E-state index in [1.54, 1.807) is 12.5 Å². The molecule has 0 spiro atoms. The number of likely N-dealkylation sites (tertiary alicyclic amines) is 1. The van der Waals surface area contributed by atoms with E-state index in [2.05, 4.69) is 19.9 Å². The van der Waals surface area contributed by atoms with Gasteiger partial charge in [0.05, 0.1) is 18.4 Å². The molecule has 0 saturated carbocycles. The van der Waals surface area contributed by atoms with Crippen LogP contribution in [0, 0.1) is 5.82 Å². The average molecular weight is 346 g/mol. The lowest BCUT2D eigenvalue weighted by Gasteiger charge is -2.29. The number of amides is 1. The number of aryl methyl sites for hydroxylation is 1. The molecule has 3 rings (SSSR count). The summed E-state index contributed by atoms with van der Waals surface area (Å²) >= 11 is 0. The summed E-state index contributed by atoms with van der Waals surface area (Å²) in [6.07, 6.45) is 6.27. The third-order valence-corrected chi connectivity index (χ3v) is 4.64. The first kappa shape index (κ1) is 17.3. The number of imidazole rings is 1. The third-order valence-electron chi connectivity index (χ3n) is 4.64. The molecule has 1 unspecified atom stereocenters. The van der Waals surface area contributed by atoms with Crippen LogP contribution in [0.25, 0.3) is 0 Å². The smallest absolute Gasteiger partial charge is 0.228 e. The van der Waals surface area contributed by atoms with Crippen molar-refractivity contribution in [1.82, 2.24) is 24.8 Å². The molecule has 2 aromatic heterocycles. The number of hydrogen-bond acceptors (Lipinski definition) is 5. The fraction of sp³-hybridized carbons (Fsp3) is 0.529. The third kappa shape index (κ3) is 3.62. The lowest BCUT2D eigenvalue weighted by Crippen LogP contribution is -2.40. The normalized spacial score (nSPS) is 17.1. The maximum absolute atomic E-state index is 14.6. The molecule has 0 aromatic carbocycles. The average Bonchev–Trinajstić information content (AvgIpc) is 3.29. The zero-order valence-corrected chi connectivity index (χ0v) is 14.6. The van der Waals surface area contributed by atoms with Gasteiger partial charge in [0.25, 0.3) is 0 Å². The Morgan fingerprint density at radius 2 is 2.28 bits per heavy atom. The molecule has 0 bridgehead atoms. The van der Waals surface area contributed by atoms with Crippen LogP contribution in [0.4, 0.5) is 10.2 Å². The minimum Gasteiger partial charge on any atom is -0.350 e. The Balaban J connectivity index is 1.70. The Labute approximate surface area is 146 Å². The molecule has 1 atom stereocenters. The summed E-state index contributed by atoms with van der Waals surface area (Å²) < 4.78 is 14.6. The highest BCUT2D eigenvalue weighted by atomic mass is 19.1. The van der Waals surface area contributed by atoms with E-state index in [0.29, 0.717) is 44.0 Å². The second-order valence-electron chi connectivity index (χ2n) is 6.13. The van der Waals surface area contributed by atoms with Gasteiger partial charge in [-0.05, 0) is 19.8 Å². The van der Waals surface area contributed by atoms with E-state index in [1.165, 1.54) is 6.33 Å². The van der Waals surface area contributed by atoms with Crippen molar-refractivity contribution in [3.05, 3.63) is 36.1 Å². The predicted octanol–water partition coefficient (Wildman–Crippen LogP) is 1.57. The van der Waals surface area contributed by atoms with E-state index in [-0.39, 0.29) is 17.8 Å². The molecule has 7 nitrogen and oxygen atoms in total. The molecule has 1 amide bonds. The number of anilines is 1. The second kappa shape index (κ2) is 7.58. The molecule has 25 heavy (non-hydrogen) atoms. The van der Waals surface area contributed by atoms with Crippen molar-refractivity contribution in [2.45, 2.75) is 39.2 Å². The molecular formula is C17H23FN6O. The van der Waals surface area contributed by atoms with Gasteiger partial charge in [0, 0.05) is 37.6 Å². The van der Waals surface area contributed by atoms with Crippen LogP contribution in [0.3, 0.4) is 0 Å². The summed E-state index contributed by atoms with van der Waals surface area (Å²) in [4.78, 5) is 31.2. The Bertz CT molecular complexity index is 720. The van der Waals surface area contributed by atoms with E-state index < -0.39 is 0 Å². The van der Waals surface area contributed by atoms with Crippen molar-refractivity contribution in [2.75, 3.05) is 24.5 Å². The number of hydrogen-bond donors (Lipinski definition) is 1. The zero-order valence-electron chi connectivity index (χ0n) is 14.6. The van der Waals surface area contributed by atoms with Gasteiger partial charge >= 0.3 is 0 Å². The first-order valence-electron chi connectivity index (χ1n) is 8.65. The van der Waals surface area contributed by atoms with Gasteiger partial charge in [0.2, 0.25) is 5.91 Å². The minimum atomic E-state index is -0.353. The molecule has 1 fully saturated rings. The van der Waals surface area contributed by atoms with Gasteiger partial charge in [-0.3, -0.25) is 4.79 Å². The molecule has 8 heteroatoms. The highest BCUT2D eigenvalue weighted by Crippen LogP contribution is 2.25. The highest BCUT2D eigenvalue weighted by Gasteiger charge is 2.32. The van der Waals surface area contributed by atoms with Crippen LogP contribution < -0.4 is 4.90 Å². The number of halogens is 1. The summed E-state index contributed by atoms with van der Waals surface area (Å²) in [5.41, 5.74) is 1.23. The van der Waals surface area contributed by atoms with Crippen LogP contribution in [0.1, 0.15) is 31.7 Å². The molecular weight excluding hydrogens is 323 g/mol. The summed E-state index contributed by atoms with van der Waals surface area (Å²) in [7, 11) is 0. The van der Waals surface area contributed by atoms with Crippen LogP contribution in [-0.2, 0) is 17.6 Å². The highest BCUT2D eigenvalue weighted by molar-refractivity contribution is 5.78. The predicted molar refractivity (Wildman–Crippen MR) is 91.7 cm³/mol. The fourth-order valence-corrected chi connectivity index (χ4v) is 3.30. The number of nitrogens with zero attached hydrogens (tertiary/aromatic N) is 5. The van der Waals surface area contributed by atoms with E-state index >= 15 is 0 Å². The lowest BCUT2D eigenvalue weighted by atomic mass is 10.2. The number of likely N-dealkylation sites (N-methyl/N-ethyl adjacent to an activating group) is 1. The van der Waals surface area contributed by atoms with Crippen LogP contribution in [0.15, 0.2) is 18.9 Å². The maximum atomic E-state index is 14.6.